The SMILES string of the molecule is CCN(CC)c1ccc(Nc2cc(F)c(Br)cc2N)cc1. The number of hydrogen-bond donors (Lipinski definition) is 2. The molecule has 0 atom stereocenters. The van der Waals surface area contributed by atoms with E-state index < -0.39 is 0 Å². The van der Waals surface area contributed by atoms with E-state index in [0.717, 1.165) is 18.8 Å². The first-order valence-electron chi connectivity index (χ1n) is 6.91. The summed E-state index contributed by atoms with van der Waals surface area (Å²) in [6.07, 6.45) is 0. The smallest absolute Gasteiger partial charge is 0.139 e. The van der Waals surface area contributed by atoms with Gasteiger partial charge in [0.05, 0.1) is 15.8 Å². The summed E-state index contributed by atoms with van der Waals surface area (Å²) in [7, 11) is 0. The maximum atomic E-state index is 13.6. The van der Waals surface area contributed by atoms with Crippen molar-refractivity contribution in [3.8, 4) is 0 Å². The van der Waals surface area contributed by atoms with Crippen molar-refractivity contribution in [3.63, 3.8) is 0 Å². The molecule has 3 N–H and O–H groups in total. The third-order valence-electron chi connectivity index (χ3n) is 3.37. The van der Waals surface area contributed by atoms with Crippen molar-refractivity contribution in [3.05, 3.63) is 46.7 Å². The molecule has 0 unspecified atom stereocenters. The first-order chi connectivity index (χ1) is 10.0. The van der Waals surface area contributed by atoms with Crippen molar-refractivity contribution < 1.29 is 4.39 Å². The van der Waals surface area contributed by atoms with Crippen LogP contribution in [-0.2, 0) is 0 Å². The fourth-order valence-electron chi connectivity index (χ4n) is 2.17. The Morgan fingerprint density at radius 3 is 2.33 bits per heavy atom. The number of hydrogen-bond acceptors (Lipinski definition) is 3. The Labute approximate surface area is 133 Å². The molecular weight excluding hydrogens is 333 g/mol. The van der Waals surface area contributed by atoms with Gasteiger partial charge in [0.1, 0.15) is 5.82 Å². The van der Waals surface area contributed by atoms with Crippen LogP contribution in [0.2, 0.25) is 0 Å². The number of nitrogens with one attached hydrogen (secondary N) is 1. The van der Waals surface area contributed by atoms with Crippen LogP contribution in [0.1, 0.15) is 13.8 Å². The third-order valence-corrected chi connectivity index (χ3v) is 3.98. The highest BCUT2D eigenvalue weighted by Gasteiger charge is 2.07. The van der Waals surface area contributed by atoms with Crippen LogP contribution in [0.25, 0.3) is 0 Å². The van der Waals surface area contributed by atoms with E-state index in [9.17, 15) is 4.39 Å². The van der Waals surface area contributed by atoms with E-state index in [1.165, 1.54) is 11.8 Å². The Hall–Kier alpha value is -1.75. The molecule has 21 heavy (non-hydrogen) atoms. The molecule has 0 radical (unpaired) electrons. The first kappa shape index (κ1) is 15.6. The van der Waals surface area contributed by atoms with E-state index in [-0.39, 0.29) is 5.82 Å². The maximum Gasteiger partial charge on any atom is 0.139 e. The van der Waals surface area contributed by atoms with Gasteiger partial charge < -0.3 is 16.0 Å². The topological polar surface area (TPSA) is 41.3 Å². The summed E-state index contributed by atoms with van der Waals surface area (Å²) in [6.45, 7) is 6.18. The normalized spacial score (nSPS) is 10.5. The Balaban J connectivity index is 2.19. The molecule has 0 aliphatic heterocycles. The van der Waals surface area contributed by atoms with Crippen LogP contribution in [0.15, 0.2) is 40.9 Å². The van der Waals surface area contributed by atoms with E-state index in [4.69, 9.17) is 5.73 Å². The van der Waals surface area contributed by atoms with Crippen LogP contribution >= 0.6 is 15.9 Å². The lowest BCUT2D eigenvalue weighted by Crippen LogP contribution is -2.21. The second kappa shape index (κ2) is 6.80. The molecule has 0 aromatic heterocycles. The summed E-state index contributed by atoms with van der Waals surface area (Å²) in [6, 6.07) is 11.0. The molecule has 112 valence electrons. The summed E-state index contributed by atoms with van der Waals surface area (Å²) in [5.41, 5.74) is 8.99. The lowest BCUT2D eigenvalue weighted by atomic mass is 10.2. The van der Waals surface area contributed by atoms with Crippen molar-refractivity contribution in [1.82, 2.24) is 0 Å². The zero-order chi connectivity index (χ0) is 15.4. The molecule has 0 bridgehead atoms. The number of nitrogen functional groups attached to an aromatic ring is 1. The molecule has 2 aromatic carbocycles. The Morgan fingerprint density at radius 2 is 1.76 bits per heavy atom. The zero-order valence-electron chi connectivity index (χ0n) is 12.2. The number of nitrogens with zero attached hydrogens (tertiary/aromatic N) is 1. The number of halogens is 2. The number of rotatable bonds is 5. The molecule has 0 heterocycles. The van der Waals surface area contributed by atoms with Gasteiger partial charge in [0, 0.05) is 30.5 Å². The Bertz CT molecular complexity index is 610. The lowest BCUT2D eigenvalue weighted by molar-refractivity contribution is 0.622. The molecule has 5 heteroatoms. The minimum Gasteiger partial charge on any atom is -0.397 e. The van der Waals surface area contributed by atoms with Gasteiger partial charge in [0.15, 0.2) is 0 Å². The summed E-state index contributed by atoms with van der Waals surface area (Å²) in [5.74, 6) is -0.341. The summed E-state index contributed by atoms with van der Waals surface area (Å²) < 4.78 is 13.9. The van der Waals surface area contributed by atoms with E-state index in [1.807, 2.05) is 24.3 Å². The Kier molecular flexibility index (Phi) is 5.07. The van der Waals surface area contributed by atoms with Gasteiger partial charge in [-0.3, -0.25) is 0 Å². The fourth-order valence-corrected chi connectivity index (χ4v) is 2.53. The van der Waals surface area contributed by atoms with Gasteiger partial charge in [-0.15, -0.1) is 0 Å². The third kappa shape index (κ3) is 3.67. The average Bonchev–Trinajstić information content (AvgIpc) is 2.48. The van der Waals surface area contributed by atoms with Gasteiger partial charge in [-0.1, -0.05) is 0 Å². The van der Waals surface area contributed by atoms with Crippen LogP contribution < -0.4 is 16.0 Å². The first-order valence-corrected chi connectivity index (χ1v) is 7.71. The predicted octanol–water partition coefficient (Wildman–Crippen LogP) is 4.76. The van der Waals surface area contributed by atoms with E-state index >= 15 is 0 Å². The van der Waals surface area contributed by atoms with Gasteiger partial charge in [-0.05, 0) is 60.1 Å². The fraction of sp³-hybridized carbons (Fsp3) is 0.250. The van der Waals surface area contributed by atoms with Crippen molar-refractivity contribution in [2.24, 2.45) is 0 Å². The summed E-state index contributed by atoms with van der Waals surface area (Å²) in [5, 5.41) is 3.14. The van der Waals surface area contributed by atoms with Gasteiger partial charge in [-0.2, -0.15) is 0 Å². The van der Waals surface area contributed by atoms with Crippen LogP contribution in [0.4, 0.5) is 27.1 Å². The van der Waals surface area contributed by atoms with Crippen molar-refractivity contribution in [2.45, 2.75) is 13.8 Å². The molecule has 2 aromatic rings. The van der Waals surface area contributed by atoms with Crippen LogP contribution in [-0.4, -0.2) is 13.1 Å². The van der Waals surface area contributed by atoms with E-state index in [2.05, 4.69) is 40.0 Å². The van der Waals surface area contributed by atoms with Crippen LogP contribution in [0.5, 0.6) is 0 Å². The minimum atomic E-state index is -0.341. The van der Waals surface area contributed by atoms with Gasteiger partial charge in [-0.25, -0.2) is 4.39 Å². The molecule has 0 saturated heterocycles. The lowest BCUT2D eigenvalue weighted by Gasteiger charge is -2.21. The summed E-state index contributed by atoms with van der Waals surface area (Å²) >= 11 is 3.12. The highest BCUT2D eigenvalue weighted by atomic mass is 79.9. The molecule has 0 fully saturated rings. The molecule has 0 amide bonds. The maximum absolute atomic E-state index is 13.6. The van der Waals surface area contributed by atoms with Gasteiger partial charge in [0.25, 0.3) is 0 Å². The molecule has 2 rings (SSSR count). The molecule has 3 nitrogen and oxygen atoms in total. The second-order valence-corrected chi connectivity index (χ2v) is 5.55. The summed E-state index contributed by atoms with van der Waals surface area (Å²) in [4.78, 5) is 2.26. The largest absolute Gasteiger partial charge is 0.397 e. The molecule has 0 saturated carbocycles. The molecule has 0 aliphatic carbocycles. The minimum absolute atomic E-state index is 0.341. The highest BCUT2D eigenvalue weighted by molar-refractivity contribution is 9.10. The van der Waals surface area contributed by atoms with Crippen LogP contribution in [0, 0.1) is 5.82 Å². The van der Waals surface area contributed by atoms with Crippen molar-refractivity contribution in [1.29, 1.82) is 0 Å². The highest BCUT2D eigenvalue weighted by Crippen LogP contribution is 2.29. The van der Waals surface area contributed by atoms with Gasteiger partial charge >= 0.3 is 0 Å². The Morgan fingerprint density at radius 1 is 1.14 bits per heavy atom. The van der Waals surface area contributed by atoms with Crippen molar-refractivity contribution in [2.75, 3.05) is 29.0 Å². The van der Waals surface area contributed by atoms with E-state index in [1.54, 1.807) is 6.07 Å². The predicted molar refractivity (Wildman–Crippen MR) is 91.8 cm³/mol. The second-order valence-electron chi connectivity index (χ2n) is 4.70. The monoisotopic (exact) mass is 351 g/mol. The number of benzene rings is 2. The standard InChI is InChI=1S/C16H19BrFN3/c1-3-21(4-2)12-7-5-11(6-8-12)20-16-10-14(18)13(17)9-15(16)19/h5-10,20H,3-4,19H2,1-2H3. The quantitative estimate of drug-likeness (QED) is 0.763. The van der Waals surface area contributed by atoms with E-state index in [0.29, 0.717) is 15.8 Å². The van der Waals surface area contributed by atoms with Crippen LogP contribution in [0.3, 0.4) is 0 Å². The van der Waals surface area contributed by atoms with Crippen molar-refractivity contribution >= 4 is 38.7 Å². The molecule has 0 spiro atoms. The van der Waals surface area contributed by atoms with Gasteiger partial charge in [0.2, 0.25) is 0 Å². The molecule has 0 aliphatic rings. The zero-order valence-corrected chi connectivity index (χ0v) is 13.7. The molecular formula is C16H19BrFN3. The average molecular weight is 352 g/mol. The number of nitrogens with two attached hydrogens (primary N) is 1. The number of anilines is 4.